The largest absolute Gasteiger partial charge is 0.283 e. The van der Waals surface area contributed by atoms with E-state index in [4.69, 9.17) is 0 Å². The highest BCUT2D eigenvalue weighted by molar-refractivity contribution is 7.93. The normalized spacial score (nSPS) is 14.1. The summed E-state index contributed by atoms with van der Waals surface area (Å²) < 4.78 is 96.2. The predicted octanol–water partition coefficient (Wildman–Crippen LogP) is 4.64. The number of sulfonamides is 2. The molecular formula is C23H21F3N2O4S2. The summed E-state index contributed by atoms with van der Waals surface area (Å²) in [6.07, 6.45) is 1.57. The van der Waals surface area contributed by atoms with Crippen molar-refractivity contribution in [2.75, 3.05) is 15.7 Å². The molecule has 2 N–H and O–H groups in total. The van der Waals surface area contributed by atoms with Crippen molar-refractivity contribution < 1.29 is 30.0 Å². The molecule has 4 rings (SSSR count). The van der Waals surface area contributed by atoms with E-state index in [0.717, 1.165) is 24.5 Å². The van der Waals surface area contributed by atoms with Crippen LogP contribution in [0.2, 0.25) is 0 Å². The molecule has 180 valence electrons. The van der Waals surface area contributed by atoms with Crippen LogP contribution in [0.5, 0.6) is 0 Å². The van der Waals surface area contributed by atoms with E-state index in [1.807, 2.05) is 0 Å². The van der Waals surface area contributed by atoms with Gasteiger partial charge in [-0.1, -0.05) is 30.3 Å². The van der Waals surface area contributed by atoms with E-state index >= 15 is 4.39 Å². The maximum absolute atomic E-state index is 15.0. The second kappa shape index (κ2) is 8.95. The molecule has 1 saturated carbocycles. The molecule has 6 nitrogen and oxygen atoms in total. The third kappa shape index (κ3) is 5.36. The van der Waals surface area contributed by atoms with Crippen LogP contribution in [0.3, 0.4) is 0 Å². The molecule has 0 bridgehead atoms. The van der Waals surface area contributed by atoms with Gasteiger partial charge in [0.15, 0.2) is 11.6 Å². The molecule has 3 aromatic rings. The van der Waals surface area contributed by atoms with E-state index in [-0.39, 0.29) is 22.5 Å². The highest BCUT2D eigenvalue weighted by atomic mass is 32.2. The van der Waals surface area contributed by atoms with Gasteiger partial charge in [0.1, 0.15) is 5.82 Å². The van der Waals surface area contributed by atoms with Crippen LogP contribution in [0.25, 0.3) is 11.1 Å². The number of halogens is 3. The minimum atomic E-state index is -3.75. The number of para-hydroxylation sites is 1. The summed E-state index contributed by atoms with van der Waals surface area (Å²) in [5.74, 6) is -3.18. The summed E-state index contributed by atoms with van der Waals surface area (Å²) >= 11 is 0. The highest BCUT2D eigenvalue weighted by Crippen LogP contribution is 2.34. The van der Waals surface area contributed by atoms with Gasteiger partial charge in [-0.25, -0.2) is 30.0 Å². The summed E-state index contributed by atoms with van der Waals surface area (Å²) in [5.41, 5.74) is 0.598. The van der Waals surface area contributed by atoms with Crippen LogP contribution >= 0.6 is 0 Å². The van der Waals surface area contributed by atoms with Crippen LogP contribution < -0.4 is 9.44 Å². The van der Waals surface area contributed by atoms with Gasteiger partial charge in [0.05, 0.1) is 22.9 Å². The summed E-state index contributed by atoms with van der Waals surface area (Å²) in [7, 11) is -7.32. The lowest BCUT2D eigenvalue weighted by atomic mass is 9.98. The van der Waals surface area contributed by atoms with Crippen molar-refractivity contribution in [1.82, 2.24) is 0 Å². The van der Waals surface area contributed by atoms with Crippen LogP contribution in [-0.2, 0) is 26.5 Å². The third-order valence-electron chi connectivity index (χ3n) is 5.37. The monoisotopic (exact) mass is 510 g/mol. The van der Waals surface area contributed by atoms with Gasteiger partial charge in [-0.3, -0.25) is 9.44 Å². The van der Waals surface area contributed by atoms with E-state index in [1.54, 1.807) is 18.2 Å². The molecule has 0 spiro atoms. The number of benzene rings is 3. The molecule has 0 atom stereocenters. The predicted molar refractivity (Wildman–Crippen MR) is 125 cm³/mol. The second-order valence-electron chi connectivity index (χ2n) is 8.14. The molecule has 11 heteroatoms. The minimum Gasteiger partial charge on any atom is -0.283 e. The zero-order valence-electron chi connectivity index (χ0n) is 18.0. The van der Waals surface area contributed by atoms with Crippen molar-refractivity contribution in [3.8, 4) is 11.1 Å². The maximum Gasteiger partial charge on any atom is 0.235 e. The Balaban J connectivity index is 1.68. The van der Waals surface area contributed by atoms with Crippen LogP contribution in [-0.4, -0.2) is 28.3 Å². The molecule has 1 aliphatic carbocycles. The van der Waals surface area contributed by atoms with Crippen molar-refractivity contribution in [3.63, 3.8) is 0 Å². The number of nitrogens with one attached hydrogen (secondary N) is 2. The molecule has 0 saturated heterocycles. The van der Waals surface area contributed by atoms with Crippen LogP contribution in [0.1, 0.15) is 24.0 Å². The molecule has 3 aromatic carbocycles. The molecule has 34 heavy (non-hydrogen) atoms. The summed E-state index contributed by atoms with van der Waals surface area (Å²) in [6.45, 7) is 0. The Kier molecular flexibility index (Phi) is 6.34. The van der Waals surface area contributed by atoms with Gasteiger partial charge in [-0.05, 0) is 48.2 Å². The Morgan fingerprint density at radius 1 is 0.853 bits per heavy atom. The van der Waals surface area contributed by atoms with Crippen LogP contribution in [0.4, 0.5) is 24.5 Å². The van der Waals surface area contributed by atoms with Gasteiger partial charge in [0, 0.05) is 17.5 Å². The first-order valence-electron chi connectivity index (χ1n) is 10.3. The van der Waals surface area contributed by atoms with Gasteiger partial charge in [0.25, 0.3) is 0 Å². The molecule has 1 fully saturated rings. The van der Waals surface area contributed by atoms with Crippen LogP contribution in [0, 0.1) is 17.5 Å². The van der Waals surface area contributed by atoms with Crippen molar-refractivity contribution in [2.45, 2.75) is 24.5 Å². The molecule has 0 aromatic heterocycles. The molecule has 0 unspecified atom stereocenters. The first-order valence-corrected chi connectivity index (χ1v) is 13.7. The Hall–Kier alpha value is -3.05. The molecule has 0 radical (unpaired) electrons. The van der Waals surface area contributed by atoms with Gasteiger partial charge < -0.3 is 0 Å². The average molecular weight is 511 g/mol. The number of rotatable bonds is 8. The van der Waals surface area contributed by atoms with E-state index in [2.05, 4.69) is 9.44 Å². The van der Waals surface area contributed by atoms with Gasteiger partial charge in [-0.2, -0.15) is 0 Å². The quantitative estimate of drug-likeness (QED) is 0.462. The van der Waals surface area contributed by atoms with E-state index in [9.17, 15) is 25.6 Å². The van der Waals surface area contributed by atoms with Crippen molar-refractivity contribution in [3.05, 3.63) is 83.2 Å². The Bertz CT molecular complexity index is 1470. The SMILES string of the molecule is CS(=O)(=O)Nc1ccccc1-c1ccc(Cc2c(NS(=O)(=O)C3CC3)ccc(F)c2F)c(F)c1. The lowest BCUT2D eigenvalue weighted by Crippen LogP contribution is -2.19. The fourth-order valence-electron chi connectivity index (χ4n) is 3.55. The summed E-state index contributed by atoms with van der Waals surface area (Å²) in [4.78, 5) is 0. The highest BCUT2D eigenvalue weighted by Gasteiger charge is 2.36. The molecule has 0 heterocycles. The van der Waals surface area contributed by atoms with Crippen molar-refractivity contribution >= 4 is 31.4 Å². The van der Waals surface area contributed by atoms with Gasteiger partial charge in [-0.15, -0.1) is 0 Å². The van der Waals surface area contributed by atoms with Crippen molar-refractivity contribution in [1.29, 1.82) is 0 Å². The Morgan fingerprint density at radius 3 is 2.21 bits per heavy atom. The minimum absolute atomic E-state index is 0.00803. The van der Waals surface area contributed by atoms with E-state index < -0.39 is 49.2 Å². The topological polar surface area (TPSA) is 92.3 Å². The molecule has 0 amide bonds. The summed E-state index contributed by atoms with van der Waals surface area (Å²) in [5, 5.41) is -0.579. The van der Waals surface area contributed by atoms with Crippen LogP contribution in [0.15, 0.2) is 54.6 Å². The van der Waals surface area contributed by atoms with E-state index in [0.29, 0.717) is 24.0 Å². The van der Waals surface area contributed by atoms with Gasteiger partial charge >= 0.3 is 0 Å². The standard InChI is InChI=1S/C23H21F3N2O4S2/c1-33(29,30)27-21-5-3-2-4-17(21)14-6-7-15(20(25)13-14)12-18-22(11-10-19(24)23(18)26)28-34(31,32)16-8-9-16/h2-7,10-11,13,16,27-28H,8-9,12H2,1H3. The zero-order chi connectivity index (χ0) is 24.7. The number of hydrogen-bond donors (Lipinski definition) is 2. The van der Waals surface area contributed by atoms with Gasteiger partial charge in [0.2, 0.25) is 20.0 Å². The lowest BCUT2D eigenvalue weighted by molar-refractivity contribution is 0.500. The third-order valence-corrected chi connectivity index (χ3v) is 7.81. The first kappa shape index (κ1) is 24.1. The molecule has 1 aliphatic rings. The average Bonchev–Trinajstić information content (AvgIpc) is 3.60. The van der Waals surface area contributed by atoms with Crippen molar-refractivity contribution in [2.24, 2.45) is 0 Å². The molecular weight excluding hydrogens is 489 g/mol. The second-order valence-corrected chi connectivity index (χ2v) is 11.8. The lowest BCUT2D eigenvalue weighted by Gasteiger charge is -2.15. The number of anilines is 2. The summed E-state index contributed by atoms with van der Waals surface area (Å²) in [6, 6.07) is 12.4. The number of hydrogen-bond acceptors (Lipinski definition) is 4. The maximum atomic E-state index is 15.0. The first-order chi connectivity index (χ1) is 15.9. The zero-order valence-corrected chi connectivity index (χ0v) is 19.6. The molecule has 0 aliphatic heterocycles. The Morgan fingerprint density at radius 2 is 1.56 bits per heavy atom. The fourth-order valence-corrected chi connectivity index (χ4v) is 5.55. The Labute approximate surface area is 195 Å². The van der Waals surface area contributed by atoms with E-state index in [1.165, 1.54) is 18.2 Å². The smallest absolute Gasteiger partial charge is 0.235 e. The fraction of sp³-hybridized carbons (Fsp3) is 0.217.